The van der Waals surface area contributed by atoms with Crippen LogP contribution in [0.25, 0.3) is 0 Å². The summed E-state index contributed by atoms with van der Waals surface area (Å²) in [7, 11) is 0. The van der Waals surface area contributed by atoms with Gasteiger partial charge in [0.2, 0.25) is 0 Å². The topological polar surface area (TPSA) is 64.1 Å². The van der Waals surface area contributed by atoms with Crippen molar-refractivity contribution in [2.45, 2.75) is 39.2 Å². The first-order valence-electron chi connectivity index (χ1n) is 8.61. The van der Waals surface area contributed by atoms with Crippen molar-refractivity contribution in [2.24, 2.45) is 0 Å². The van der Waals surface area contributed by atoms with Gasteiger partial charge >= 0.3 is 0 Å². The van der Waals surface area contributed by atoms with Crippen molar-refractivity contribution in [1.29, 1.82) is 0 Å². The lowest BCUT2D eigenvalue weighted by Gasteiger charge is -2.06. The number of hydrogen-bond acceptors (Lipinski definition) is 6. The Morgan fingerprint density at radius 2 is 2.00 bits per heavy atom. The van der Waals surface area contributed by atoms with Crippen molar-refractivity contribution in [1.82, 2.24) is 9.97 Å². The molecule has 1 aromatic carbocycles. The molecule has 2 aromatic heterocycles. The first-order chi connectivity index (χ1) is 12.7. The van der Waals surface area contributed by atoms with Crippen LogP contribution >= 0.6 is 22.7 Å². The Hall–Kier alpha value is -2.25. The number of carbonyl (C=O) groups is 1. The predicted molar refractivity (Wildman–Crippen MR) is 104 cm³/mol. The zero-order valence-electron chi connectivity index (χ0n) is 14.4. The Balaban J connectivity index is 1.36. The number of amides is 1. The number of nitrogens with one attached hydrogen (secondary N) is 1. The molecule has 0 saturated carbocycles. The maximum Gasteiger partial charge on any atom is 0.257 e. The molecule has 2 heterocycles. The van der Waals surface area contributed by atoms with E-state index >= 15 is 0 Å². The van der Waals surface area contributed by atoms with Crippen LogP contribution in [0, 0.1) is 6.92 Å². The van der Waals surface area contributed by atoms with Gasteiger partial charge in [0.05, 0.1) is 5.69 Å². The van der Waals surface area contributed by atoms with E-state index in [4.69, 9.17) is 4.74 Å². The van der Waals surface area contributed by atoms with Crippen LogP contribution in [0.15, 0.2) is 29.6 Å². The summed E-state index contributed by atoms with van der Waals surface area (Å²) in [6.07, 6.45) is 4.50. The molecule has 0 bridgehead atoms. The Bertz CT molecular complexity index is 892. The van der Waals surface area contributed by atoms with Gasteiger partial charge in [-0.2, -0.15) is 0 Å². The highest BCUT2D eigenvalue weighted by molar-refractivity contribution is 7.15. The maximum atomic E-state index is 12.4. The van der Waals surface area contributed by atoms with Gasteiger partial charge in [-0.05, 0) is 56.9 Å². The summed E-state index contributed by atoms with van der Waals surface area (Å²) in [6, 6.07) is 7.15. The number of hydrogen-bond donors (Lipinski definition) is 1. The number of nitrogens with zero attached hydrogens (tertiary/aromatic N) is 2. The fraction of sp³-hybridized carbons (Fsp3) is 0.316. The van der Waals surface area contributed by atoms with E-state index in [2.05, 4.69) is 15.3 Å². The number of aryl methyl sites for hydroxylation is 3. The number of carbonyl (C=O) groups excluding carboxylic acids is 1. The number of ether oxygens (including phenoxy) is 1. The van der Waals surface area contributed by atoms with Crippen LogP contribution in [0.5, 0.6) is 5.75 Å². The number of aromatic nitrogens is 2. The van der Waals surface area contributed by atoms with Gasteiger partial charge in [0.25, 0.3) is 5.91 Å². The molecule has 0 fully saturated rings. The number of anilines is 1. The molecule has 0 saturated heterocycles. The first-order valence-corrected chi connectivity index (χ1v) is 10.3. The smallest absolute Gasteiger partial charge is 0.257 e. The third-order valence-electron chi connectivity index (χ3n) is 4.21. The van der Waals surface area contributed by atoms with Gasteiger partial charge in [0.1, 0.15) is 17.4 Å². The molecule has 0 aliphatic heterocycles. The van der Waals surface area contributed by atoms with Gasteiger partial charge in [0.15, 0.2) is 5.13 Å². The van der Waals surface area contributed by atoms with E-state index < -0.39 is 0 Å². The van der Waals surface area contributed by atoms with Gasteiger partial charge in [-0.25, -0.2) is 9.97 Å². The van der Waals surface area contributed by atoms with Crippen LogP contribution in [-0.2, 0) is 19.4 Å². The molecular weight excluding hydrogens is 366 g/mol. The van der Waals surface area contributed by atoms with Gasteiger partial charge < -0.3 is 4.74 Å². The summed E-state index contributed by atoms with van der Waals surface area (Å²) < 4.78 is 5.72. The maximum absolute atomic E-state index is 12.4. The summed E-state index contributed by atoms with van der Waals surface area (Å²) >= 11 is 3.18. The molecule has 0 atom stereocenters. The van der Waals surface area contributed by atoms with Crippen LogP contribution in [0.4, 0.5) is 5.13 Å². The average molecular weight is 386 g/mol. The SMILES string of the molecule is Cc1csc(COc2ccc(C(=O)Nc3nc4c(s3)CCCC4)cc2)n1. The van der Waals surface area contributed by atoms with Crippen molar-refractivity contribution >= 4 is 33.7 Å². The third kappa shape index (κ3) is 3.94. The molecule has 4 rings (SSSR count). The fourth-order valence-electron chi connectivity index (χ4n) is 2.89. The minimum Gasteiger partial charge on any atom is -0.486 e. The number of rotatable bonds is 5. The van der Waals surface area contributed by atoms with E-state index in [0.717, 1.165) is 35.0 Å². The highest BCUT2D eigenvalue weighted by atomic mass is 32.1. The molecular formula is C19H19N3O2S2. The molecule has 0 unspecified atom stereocenters. The molecule has 7 heteroatoms. The second-order valence-electron chi connectivity index (χ2n) is 6.25. The molecule has 1 N–H and O–H groups in total. The van der Waals surface area contributed by atoms with E-state index in [9.17, 15) is 4.79 Å². The number of fused-ring (bicyclic) bond motifs is 1. The summed E-state index contributed by atoms with van der Waals surface area (Å²) in [5, 5.41) is 6.55. The van der Waals surface area contributed by atoms with Crippen molar-refractivity contribution in [3.05, 3.63) is 56.5 Å². The molecule has 5 nitrogen and oxygen atoms in total. The first kappa shape index (κ1) is 17.2. The second kappa shape index (κ2) is 7.55. The van der Waals surface area contributed by atoms with Crippen LogP contribution in [0.2, 0.25) is 0 Å². The summed E-state index contributed by atoms with van der Waals surface area (Å²) in [4.78, 5) is 22.7. The van der Waals surface area contributed by atoms with Crippen molar-refractivity contribution in [3.8, 4) is 5.75 Å². The molecule has 1 aliphatic rings. The molecule has 0 radical (unpaired) electrons. The summed E-state index contributed by atoms with van der Waals surface area (Å²) in [5.41, 5.74) is 2.75. The number of benzene rings is 1. The van der Waals surface area contributed by atoms with Gasteiger partial charge in [-0.15, -0.1) is 22.7 Å². The van der Waals surface area contributed by atoms with E-state index in [1.54, 1.807) is 34.8 Å². The zero-order chi connectivity index (χ0) is 17.9. The Kier molecular flexibility index (Phi) is 4.99. The molecule has 134 valence electrons. The monoisotopic (exact) mass is 385 g/mol. The highest BCUT2D eigenvalue weighted by Gasteiger charge is 2.16. The average Bonchev–Trinajstić information content (AvgIpc) is 3.25. The predicted octanol–water partition coefficient (Wildman–Crippen LogP) is 4.62. The minimum atomic E-state index is -0.141. The van der Waals surface area contributed by atoms with Gasteiger partial charge in [0, 0.05) is 21.5 Å². The Morgan fingerprint density at radius 3 is 2.73 bits per heavy atom. The van der Waals surface area contributed by atoms with Crippen LogP contribution < -0.4 is 10.1 Å². The van der Waals surface area contributed by atoms with Crippen LogP contribution in [0.1, 0.15) is 44.5 Å². The van der Waals surface area contributed by atoms with E-state index in [0.29, 0.717) is 17.3 Å². The summed E-state index contributed by atoms with van der Waals surface area (Å²) in [6.45, 7) is 2.40. The molecule has 3 aromatic rings. The fourth-order valence-corrected chi connectivity index (χ4v) is 4.62. The normalized spacial score (nSPS) is 13.3. The molecule has 1 aliphatic carbocycles. The molecule has 0 spiro atoms. The van der Waals surface area contributed by atoms with E-state index in [-0.39, 0.29) is 5.91 Å². The Labute approximate surface area is 160 Å². The van der Waals surface area contributed by atoms with Crippen molar-refractivity contribution in [2.75, 3.05) is 5.32 Å². The molecule has 1 amide bonds. The number of thiazole rings is 2. The summed E-state index contributed by atoms with van der Waals surface area (Å²) in [5.74, 6) is 0.581. The lowest BCUT2D eigenvalue weighted by Crippen LogP contribution is -2.11. The highest BCUT2D eigenvalue weighted by Crippen LogP contribution is 2.29. The van der Waals surface area contributed by atoms with E-state index in [1.165, 1.54) is 17.7 Å². The van der Waals surface area contributed by atoms with Crippen molar-refractivity contribution in [3.63, 3.8) is 0 Å². The quantitative estimate of drug-likeness (QED) is 0.696. The van der Waals surface area contributed by atoms with Gasteiger partial charge in [-0.3, -0.25) is 10.1 Å². The second-order valence-corrected chi connectivity index (χ2v) is 8.27. The lowest BCUT2D eigenvalue weighted by molar-refractivity contribution is 0.102. The molecule has 26 heavy (non-hydrogen) atoms. The zero-order valence-corrected chi connectivity index (χ0v) is 16.1. The standard InChI is InChI=1S/C19H19N3O2S2/c1-12-11-25-17(20-12)10-24-14-8-6-13(7-9-14)18(23)22-19-21-15-4-2-3-5-16(15)26-19/h6-9,11H,2-5,10H2,1H3,(H,21,22,23). The van der Waals surface area contributed by atoms with E-state index in [1.807, 2.05) is 24.4 Å². The minimum absolute atomic E-state index is 0.141. The third-order valence-corrected chi connectivity index (χ3v) is 6.22. The van der Waals surface area contributed by atoms with Gasteiger partial charge in [-0.1, -0.05) is 0 Å². The van der Waals surface area contributed by atoms with Crippen LogP contribution in [-0.4, -0.2) is 15.9 Å². The Morgan fingerprint density at radius 1 is 1.19 bits per heavy atom. The largest absolute Gasteiger partial charge is 0.486 e. The van der Waals surface area contributed by atoms with Crippen molar-refractivity contribution < 1.29 is 9.53 Å². The van der Waals surface area contributed by atoms with Crippen LogP contribution in [0.3, 0.4) is 0 Å². The lowest BCUT2D eigenvalue weighted by atomic mass is 10.0.